The summed E-state index contributed by atoms with van der Waals surface area (Å²) in [4.78, 5) is 11.9. The number of nitrogens with zero attached hydrogens (tertiary/aromatic N) is 3. The average Bonchev–Trinajstić information content (AvgIpc) is 2.96. The van der Waals surface area contributed by atoms with Crippen molar-refractivity contribution in [2.75, 3.05) is 10.6 Å². The summed E-state index contributed by atoms with van der Waals surface area (Å²) in [6.45, 7) is 1.84. The van der Waals surface area contributed by atoms with Crippen molar-refractivity contribution >= 4 is 43.3 Å². The zero-order valence-corrected chi connectivity index (χ0v) is 24.3. The highest BCUT2D eigenvalue weighted by Gasteiger charge is 2.11. The molecule has 2 heterocycles. The second-order valence-corrected chi connectivity index (χ2v) is 12.2. The van der Waals surface area contributed by atoms with E-state index in [-0.39, 0.29) is 21.6 Å². The Bertz CT molecular complexity index is 1910. The van der Waals surface area contributed by atoms with E-state index in [0.29, 0.717) is 11.4 Å². The van der Waals surface area contributed by atoms with Crippen molar-refractivity contribution < 1.29 is 25.8 Å². The normalized spacial score (nSPS) is 11.3. The lowest BCUT2D eigenvalue weighted by Gasteiger charge is -2.11. The van der Waals surface area contributed by atoms with E-state index in [9.17, 15) is 21.2 Å². The maximum absolute atomic E-state index is 14.3. The summed E-state index contributed by atoms with van der Waals surface area (Å²) in [5.41, 5.74) is 4.25. The molecule has 0 saturated carbocycles. The molecule has 0 radical (unpaired) electrons. The first-order valence-corrected chi connectivity index (χ1v) is 15.6. The first-order valence-electron chi connectivity index (χ1n) is 12.6. The number of pyridine rings is 1. The number of aromatic nitrogens is 3. The number of primary sulfonamides is 1. The Morgan fingerprint density at radius 1 is 0.814 bits per heavy atom. The molecule has 5 N–H and O–H groups in total. The molecule has 0 bridgehead atoms. The molecule has 0 aliphatic carbocycles. The predicted molar refractivity (Wildman–Crippen MR) is 161 cm³/mol. The minimum atomic E-state index is -4.02. The van der Waals surface area contributed by atoms with Crippen LogP contribution in [0.5, 0.6) is 0 Å². The van der Waals surface area contributed by atoms with E-state index >= 15 is 0 Å². The van der Waals surface area contributed by atoms with Crippen molar-refractivity contribution in [1.82, 2.24) is 15.0 Å². The number of aryl methyl sites for hydroxylation is 1. The standard InChI is InChI=1S/C22H19FN6O2S.C7H8O3S/c23-20-14-26-22(28-18-2-1-3-19(13-18)32(24,30)31)29-21(20)27-17-6-4-15(5-7-17)12-16-8-10-25-11-9-16;1-6-2-4-7(5-3-6)11(8,9)10/h1-11,13-14H,12H2,(H2,24,30,31)(H2,26,27,28,29);2-5H,1H3,(H,8,9,10). The third kappa shape index (κ3) is 9.37. The van der Waals surface area contributed by atoms with Crippen LogP contribution in [0.2, 0.25) is 0 Å². The van der Waals surface area contributed by atoms with E-state index in [1.807, 2.05) is 43.3 Å². The largest absolute Gasteiger partial charge is 0.338 e. The highest BCUT2D eigenvalue weighted by molar-refractivity contribution is 7.89. The van der Waals surface area contributed by atoms with Crippen LogP contribution in [0.4, 0.5) is 27.5 Å². The maximum atomic E-state index is 14.3. The van der Waals surface area contributed by atoms with Crippen LogP contribution >= 0.6 is 0 Å². The van der Waals surface area contributed by atoms with Crippen LogP contribution in [0.15, 0.2) is 113 Å². The lowest BCUT2D eigenvalue weighted by Crippen LogP contribution is -2.12. The van der Waals surface area contributed by atoms with E-state index in [1.54, 1.807) is 30.6 Å². The van der Waals surface area contributed by atoms with Gasteiger partial charge in [0.15, 0.2) is 11.6 Å². The van der Waals surface area contributed by atoms with Crippen LogP contribution in [-0.4, -0.2) is 36.3 Å². The van der Waals surface area contributed by atoms with E-state index < -0.39 is 26.0 Å². The molecule has 0 saturated heterocycles. The Kier molecular flexibility index (Phi) is 9.77. The molecule has 0 aliphatic rings. The minimum Gasteiger partial charge on any atom is -0.338 e. The third-order valence-corrected chi connectivity index (χ3v) is 7.63. The van der Waals surface area contributed by atoms with Gasteiger partial charge in [-0.25, -0.2) is 22.9 Å². The van der Waals surface area contributed by atoms with Gasteiger partial charge < -0.3 is 10.6 Å². The highest BCUT2D eigenvalue weighted by atomic mass is 32.2. The second-order valence-electron chi connectivity index (χ2n) is 9.23. The monoisotopic (exact) mass is 622 g/mol. The Morgan fingerprint density at radius 3 is 2.09 bits per heavy atom. The summed E-state index contributed by atoms with van der Waals surface area (Å²) in [5.74, 6) is -0.559. The summed E-state index contributed by atoms with van der Waals surface area (Å²) in [6.07, 6.45) is 5.29. The van der Waals surface area contributed by atoms with Crippen molar-refractivity contribution in [2.24, 2.45) is 5.14 Å². The molecule has 0 amide bonds. The van der Waals surface area contributed by atoms with Crippen LogP contribution < -0.4 is 15.8 Å². The van der Waals surface area contributed by atoms with Crippen LogP contribution in [-0.2, 0) is 26.6 Å². The number of hydrogen-bond donors (Lipinski definition) is 4. The van der Waals surface area contributed by atoms with Gasteiger partial charge in [-0.05, 0) is 79.1 Å². The van der Waals surface area contributed by atoms with Gasteiger partial charge in [0.05, 0.1) is 16.0 Å². The van der Waals surface area contributed by atoms with Gasteiger partial charge in [-0.2, -0.15) is 13.4 Å². The van der Waals surface area contributed by atoms with Crippen LogP contribution in [0.25, 0.3) is 0 Å². The van der Waals surface area contributed by atoms with Crippen LogP contribution in [0, 0.1) is 12.7 Å². The van der Waals surface area contributed by atoms with Gasteiger partial charge >= 0.3 is 0 Å². The third-order valence-electron chi connectivity index (χ3n) is 5.86. The lowest BCUT2D eigenvalue weighted by atomic mass is 10.1. The van der Waals surface area contributed by atoms with Crippen LogP contribution in [0.3, 0.4) is 0 Å². The fourth-order valence-electron chi connectivity index (χ4n) is 3.68. The SMILES string of the molecule is Cc1ccc(S(=O)(=O)O)cc1.NS(=O)(=O)c1cccc(Nc2ncc(F)c(Nc3ccc(Cc4ccncc4)cc3)n2)c1. The zero-order valence-electron chi connectivity index (χ0n) is 22.7. The number of benzene rings is 3. The number of rotatable bonds is 8. The molecule has 0 unspecified atom stereocenters. The smallest absolute Gasteiger partial charge is 0.294 e. The number of halogens is 1. The summed E-state index contributed by atoms with van der Waals surface area (Å²) >= 11 is 0. The number of anilines is 4. The molecule has 2 aromatic heterocycles. The number of nitrogens with two attached hydrogens (primary N) is 1. The summed E-state index contributed by atoms with van der Waals surface area (Å²) in [6, 6.07) is 23.3. The van der Waals surface area contributed by atoms with Gasteiger partial charge in [0.25, 0.3) is 10.1 Å². The topological polar surface area (TPSA) is 177 Å². The molecule has 0 aliphatic heterocycles. The first kappa shape index (κ1) is 31.2. The molecule has 0 fully saturated rings. The molecular weight excluding hydrogens is 595 g/mol. The molecule has 222 valence electrons. The zero-order chi connectivity index (χ0) is 31.0. The molecule has 3 aromatic carbocycles. The molecule has 5 rings (SSSR count). The molecule has 0 spiro atoms. The molecule has 14 heteroatoms. The van der Waals surface area contributed by atoms with Crippen molar-refractivity contribution in [3.8, 4) is 0 Å². The van der Waals surface area contributed by atoms with Crippen molar-refractivity contribution in [2.45, 2.75) is 23.1 Å². The minimum absolute atomic E-state index is 0.0213. The van der Waals surface area contributed by atoms with E-state index in [1.165, 1.54) is 30.3 Å². The first-order chi connectivity index (χ1) is 20.4. The summed E-state index contributed by atoms with van der Waals surface area (Å²) in [5, 5.41) is 10.9. The molecule has 5 aromatic rings. The summed E-state index contributed by atoms with van der Waals surface area (Å²) in [7, 11) is -7.87. The molecule has 43 heavy (non-hydrogen) atoms. The van der Waals surface area contributed by atoms with Crippen molar-refractivity contribution in [3.63, 3.8) is 0 Å². The fourth-order valence-corrected chi connectivity index (χ4v) is 4.72. The van der Waals surface area contributed by atoms with Gasteiger partial charge in [0.2, 0.25) is 16.0 Å². The molecule has 11 nitrogen and oxygen atoms in total. The lowest BCUT2D eigenvalue weighted by molar-refractivity contribution is 0.483. The van der Waals surface area contributed by atoms with Crippen molar-refractivity contribution in [1.29, 1.82) is 0 Å². The van der Waals surface area contributed by atoms with E-state index in [2.05, 4.69) is 25.6 Å². The van der Waals surface area contributed by atoms with Gasteiger partial charge in [0, 0.05) is 23.8 Å². The fraction of sp³-hybridized carbons (Fsp3) is 0.0690. The Balaban J connectivity index is 0.000000324. The highest BCUT2D eigenvalue weighted by Crippen LogP contribution is 2.22. The van der Waals surface area contributed by atoms with Crippen LogP contribution in [0.1, 0.15) is 16.7 Å². The summed E-state index contributed by atoms with van der Waals surface area (Å²) < 4.78 is 66.9. The van der Waals surface area contributed by atoms with Gasteiger partial charge in [-0.1, -0.05) is 35.9 Å². The second kappa shape index (κ2) is 13.5. The van der Waals surface area contributed by atoms with Gasteiger partial charge in [-0.3, -0.25) is 9.54 Å². The Labute approximate surface area is 248 Å². The Hall–Kier alpha value is -4.76. The molecule has 0 atom stereocenters. The number of nitrogens with one attached hydrogen (secondary N) is 2. The quantitative estimate of drug-likeness (QED) is 0.173. The van der Waals surface area contributed by atoms with E-state index in [4.69, 9.17) is 9.69 Å². The Morgan fingerprint density at radius 2 is 1.47 bits per heavy atom. The predicted octanol–water partition coefficient (Wildman–Crippen LogP) is 4.98. The molecular formula is C29H27FN6O5S2. The van der Waals surface area contributed by atoms with Gasteiger partial charge in [-0.15, -0.1) is 0 Å². The van der Waals surface area contributed by atoms with Gasteiger partial charge in [0.1, 0.15) is 0 Å². The maximum Gasteiger partial charge on any atom is 0.294 e. The van der Waals surface area contributed by atoms with E-state index in [0.717, 1.165) is 29.3 Å². The number of sulfonamides is 1. The number of hydrogen-bond acceptors (Lipinski definition) is 9. The van der Waals surface area contributed by atoms with Crippen molar-refractivity contribution in [3.05, 3.63) is 126 Å². The average molecular weight is 623 g/mol.